The lowest BCUT2D eigenvalue weighted by atomic mass is 9.88. The van der Waals surface area contributed by atoms with Crippen molar-refractivity contribution < 1.29 is 9.53 Å². The lowest BCUT2D eigenvalue weighted by molar-refractivity contribution is -0.118. The standard InChI is InChI=1S/C18H18O2/c1-13(19)17(15-5-3-2-4-6-15)12-14-7-8-18-16(11-14)9-10-20-18/h2-8,11,17H,9-10,12H2,1H3. The molecular formula is C18H18O2. The molecule has 0 N–H and O–H groups in total. The number of Topliss-reactive ketones (excluding diaryl/α,β-unsaturated/α-hetero) is 1. The van der Waals surface area contributed by atoms with E-state index >= 15 is 0 Å². The zero-order valence-electron chi connectivity index (χ0n) is 11.6. The molecule has 0 spiro atoms. The van der Waals surface area contributed by atoms with E-state index in [9.17, 15) is 4.79 Å². The summed E-state index contributed by atoms with van der Waals surface area (Å²) in [6.45, 7) is 2.45. The molecular weight excluding hydrogens is 248 g/mol. The summed E-state index contributed by atoms with van der Waals surface area (Å²) in [5.41, 5.74) is 3.56. The van der Waals surface area contributed by atoms with E-state index in [2.05, 4.69) is 12.1 Å². The molecule has 0 saturated heterocycles. The minimum absolute atomic E-state index is 0.0587. The van der Waals surface area contributed by atoms with Gasteiger partial charge in [-0.3, -0.25) is 4.79 Å². The number of fused-ring (bicyclic) bond motifs is 1. The molecule has 0 fully saturated rings. The second kappa shape index (κ2) is 5.49. The first kappa shape index (κ1) is 12.9. The number of rotatable bonds is 4. The number of ether oxygens (including phenoxy) is 1. The maximum Gasteiger partial charge on any atom is 0.137 e. The van der Waals surface area contributed by atoms with Gasteiger partial charge in [0, 0.05) is 12.3 Å². The van der Waals surface area contributed by atoms with Crippen molar-refractivity contribution in [3.63, 3.8) is 0 Å². The predicted octanol–water partition coefficient (Wildman–Crippen LogP) is 3.54. The van der Waals surface area contributed by atoms with E-state index in [1.807, 2.05) is 36.4 Å². The Bertz CT molecular complexity index is 617. The molecule has 1 atom stereocenters. The molecule has 0 amide bonds. The summed E-state index contributed by atoms with van der Waals surface area (Å²) in [6.07, 6.45) is 1.73. The number of carbonyl (C=O) groups is 1. The summed E-state index contributed by atoms with van der Waals surface area (Å²) in [4.78, 5) is 12.0. The number of benzene rings is 2. The fourth-order valence-electron chi connectivity index (χ4n) is 2.78. The highest BCUT2D eigenvalue weighted by atomic mass is 16.5. The van der Waals surface area contributed by atoms with Gasteiger partial charge in [0.25, 0.3) is 0 Å². The summed E-state index contributed by atoms with van der Waals surface area (Å²) >= 11 is 0. The first-order valence-electron chi connectivity index (χ1n) is 7.04. The number of hydrogen-bond acceptors (Lipinski definition) is 2. The van der Waals surface area contributed by atoms with Gasteiger partial charge >= 0.3 is 0 Å². The molecule has 0 saturated carbocycles. The molecule has 0 aromatic heterocycles. The van der Waals surface area contributed by atoms with Gasteiger partial charge in [0.15, 0.2) is 0 Å². The fraction of sp³-hybridized carbons (Fsp3) is 0.278. The van der Waals surface area contributed by atoms with Gasteiger partial charge in [0.05, 0.1) is 6.61 Å². The highest BCUT2D eigenvalue weighted by Crippen LogP contribution is 2.29. The minimum atomic E-state index is -0.0587. The number of carbonyl (C=O) groups excluding carboxylic acids is 1. The maximum absolute atomic E-state index is 12.0. The predicted molar refractivity (Wildman–Crippen MR) is 79.2 cm³/mol. The highest BCUT2D eigenvalue weighted by molar-refractivity contribution is 5.83. The molecule has 0 bridgehead atoms. The van der Waals surface area contributed by atoms with Crippen LogP contribution in [0.2, 0.25) is 0 Å². The van der Waals surface area contributed by atoms with Crippen molar-refractivity contribution in [2.45, 2.75) is 25.7 Å². The second-order valence-corrected chi connectivity index (χ2v) is 5.32. The molecule has 1 aliphatic heterocycles. The van der Waals surface area contributed by atoms with Crippen LogP contribution in [-0.4, -0.2) is 12.4 Å². The summed E-state index contributed by atoms with van der Waals surface area (Å²) < 4.78 is 5.52. The molecule has 1 heterocycles. The SMILES string of the molecule is CC(=O)C(Cc1ccc2c(c1)CCO2)c1ccccc1. The van der Waals surface area contributed by atoms with Crippen LogP contribution in [-0.2, 0) is 17.6 Å². The molecule has 2 aromatic carbocycles. The summed E-state index contributed by atoms with van der Waals surface area (Å²) in [5.74, 6) is 1.15. The highest BCUT2D eigenvalue weighted by Gasteiger charge is 2.19. The van der Waals surface area contributed by atoms with Gasteiger partial charge in [0.2, 0.25) is 0 Å². The fourth-order valence-corrected chi connectivity index (χ4v) is 2.78. The van der Waals surface area contributed by atoms with E-state index in [1.54, 1.807) is 6.92 Å². The van der Waals surface area contributed by atoms with Gasteiger partial charge in [0.1, 0.15) is 11.5 Å². The monoisotopic (exact) mass is 266 g/mol. The van der Waals surface area contributed by atoms with Gasteiger partial charge in [-0.05, 0) is 36.1 Å². The average molecular weight is 266 g/mol. The largest absolute Gasteiger partial charge is 0.493 e. The molecule has 2 aromatic rings. The normalized spacial score (nSPS) is 14.4. The number of ketones is 1. The Balaban J connectivity index is 1.86. The third-order valence-corrected chi connectivity index (χ3v) is 3.89. The van der Waals surface area contributed by atoms with Crippen LogP contribution in [0.3, 0.4) is 0 Å². The quantitative estimate of drug-likeness (QED) is 0.846. The molecule has 3 rings (SSSR count). The molecule has 2 nitrogen and oxygen atoms in total. The summed E-state index contributed by atoms with van der Waals surface area (Å²) in [6, 6.07) is 16.3. The van der Waals surface area contributed by atoms with E-state index < -0.39 is 0 Å². The van der Waals surface area contributed by atoms with E-state index in [-0.39, 0.29) is 11.7 Å². The summed E-state index contributed by atoms with van der Waals surface area (Å²) in [5, 5.41) is 0. The summed E-state index contributed by atoms with van der Waals surface area (Å²) in [7, 11) is 0. The smallest absolute Gasteiger partial charge is 0.137 e. The Morgan fingerprint density at radius 2 is 2.00 bits per heavy atom. The van der Waals surface area contributed by atoms with Gasteiger partial charge in [-0.1, -0.05) is 42.5 Å². The first-order chi connectivity index (χ1) is 9.74. The molecule has 102 valence electrons. The van der Waals surface area contributed by atoms with Crippen LogP contribution in [0.1, 0.15) is 29.5 Å². The third kappa shape index (κ3) is 2.60. The minimum Gasteiger partial charge on any atom is -0.493 e. The van der Waals surface area contributed by atoms with Crippen molar-refractivity contribution in [1.29, 1.82) is 0 Å². The van der Waals surface area contributed by atoms with Crippen LogP contribution in [0, 0.1) is 0 Å². The molecule has 1 aliphatic rings. The van der Waals surface area contributed by atoms with Crippen molar-refractivity contribution >= 4 is 5.78 Å². The molecule has 20 heavy (non-hydrogen) atoms. The van der Waals surface area contributed by atoms with Gasteiger partial charge < -0.3 is 4.74 Å². The molecule has 1 unspecified atom stereocenters. The topological polar surface area (TPSA) is 26.3 Å². The van der Waals surface area contributed by atoms with Crippen LogP contribution < -0.4 is 4.74 Å². The van der Waals surface area contributed by atoms with Crippen LogP contribution in [0.5, 0.6) is 5.75 Å². The zero-order valence-corrected chi connectivity index (χ0v) is 11.6. The van der Waals surface area contributed by atoms with Crippen molar-refractivity contribution in [2.24, 2.45) is 0 Å². The molecule has 0 radical (unpaired) electrons. The van der Waals surface area contributed by atoms with E-state index in [1.165, 1.54) is 11.1 Å². The van der Waals surface area contributed by atoms with Crippen LogP contribution in [0.15, 0.2) is 48.5 Å². The van der Waals surface area contributed by atoms with Crippen molar-refractivity contribution in [1.82, 2.24) is 0 Å². The van der Waals surface area contributed by atoms with E-state index in [0.717, 1.165) is 30.8 Å². The Morgan fingerprint density at radius 3 is 2.75 bits per heavy atom. The second-order valence-electron chi connectivity index (χ2n) is 5.32. The molecule has 0 aliphatic carbocycles. The van der Waals surface area contributed by atoms with Gasteiger partial charge in [-0.15, -0.1) is 0 Å². The number of hydrogen-bond donors (Lipinski definition) is 0. The molecule has 2 heteroatoms. The Hall–Kier alpha value is -2.09. The Kier molecular flexibility index (Phi) is 3.55. The van der Waals surface area contributed by atoms with Crippen LogP contribution >= 0.6 is 0 Å². The van der Waals surface area contributed by atoms with Gasteiger partial charge in [-0.25, -0.2) is 0 Å². The maximum atomic E-state index is 12.0. The van der Waals surface area contributed by atoms with Crippen molar-refractivity contribution in [3.8, 4) is 5.75 Å². The Labute approximate surface area is 119 Å². The van der Waals surface area contributed by atoms with E-state index in [4.69, 9.17) is 4.74 Å². The van der Waals surface area contributed by atoms with Crippen molar-refractivity contribution in [2.75, 3.05) is 6.61 Å². The lowest BCUT2D eigenvalue weighted by Crippen LogP contribution is -2.12. The lowest BCUT2D eigenvalue weighted by Gasteiger charge is -2.15. The van der Waals surface area contributed by atoms with Gasteiger partial charge in [-0.2, -0.15) is 0 Å². The van der Waals surface area contributed by atoms with E-state index in [0.29, 0.717) is 0 Å². The first-order valence-corrected chi connectivity index (χ1v) is 7.04. The van der Waals surface area contributed by atoms with Crippen molar-refractivity contribution in [3.05, 3.63) is 65.2 Å². The average Bonchev–Trinajstić information content (AvgIpc) is 2.93. The third-order valence-electron chi connectivity index (χ3n) is 3.89. The van der Waals surface area contributed by atoms with Crippen LogP contribution in [0.25, 0.3) is 0 Å². The van der Waals surface area contributed by atoms with Crippen LogP contribution in [0.4, 0.5) is 0 Å². The zero-order chi connectivity index (χ0) is 13.9. The Morgan fingerprint density at radius 1 is 1.20 bits per heavy atom.